The predicted octanol–water partition coefficient (Wildman–Crippen LogP) is 0.356. The summed E-state index contributed by atoms with van der Waals surface area (Å²) in [6, 6.07) is 0.269. The number of nitrogens with one attached hydrogen (secondary N) is 1. The molecule has 0 spiro atoms. The molecule has 2 N–H and O–H groups in total. The van der Waals surface area contributed by atoms with E-state index in [1.54, 1.807) is 0 Å². The highest BCUT2D eigenvalue weighted by Gasteiger charge is 2.32. The molecule has 0 aliphatic heterocycles. The van der Waals surface area contributed by atoms with Crippen LogP contribution in [-0.4, -0.2) is 47.7 Å². The summed E-state index contributed by atoms with van der Waals surface area (Å²) in [5.41, 5.74) is 0. The quantitative estimate of drug-likeness (QED) is 0.687. The number of hydrogen-bond acceptors (Lipinski definition) is 3. The first-order chi connectivity index (χ1) is 7.58. The Morgan fingerprint density at radius 3 is 2.56 bits per heavy atom. The number of carbonyl (C=O) groups is 1. The van der Waals surface area contributed by atoms with Gasteiger partial charge in [0.05, 0.1) is 12.1 Å². The van der Waals surface area contributed by atoms with Gasteiger partial charge < -0.3 is 10.4 Å². The molecule has 0 radical (unpaired) electrons. The number of aliphatic hydroxyl groups excluding tert-OH is 1. The topological polar surface area (TPSA) is 52.6 Å². The van der Waals surface area contributed by atoms with Gasteiger partial charge >= 0.3 is 0 Å². The summed E-state index contributed by atoms with van der Waals surface area (Å²) in [6.45, 7) is 2.50. The lowest BCUT2D eigenvalue weighted by Crippen LogP contribution is -2.46. The van der Waals surface area contributed by atoms with Crippen molar-refractivity contribution in [1.82, 2.24) is 10.2 Å². The van der Waals surface area contributed by atoms with Crippen molar-refractivity contribution in [1.29, 1.82) is 0 Å². The Balaban J connectivity index is 1.72. The van der Waals surface area contributed by atoms with Crippen LogP contribution in [0.3, 0.4) is 0 Å². The van der Waals surface area contributed by atoms with Crippen molar-refractivity contribution in [3.63, 3.8) is 0 Å². The van der Waals surface area contributed by atoms with Crippen molar-refractivity contribution in [2.75, 3.05) is 13.6 Å². The highest BCUT2D eigenvalue weighted by Crippen LogP contribution is 2.32. The molecule has 2 saturated carbocycles. The molecule has 0 heterocycles. The number of hydrogen-bond donors (Lipinski definition) is 2. The SMILES string of the molecule is C[C@@H](C(=O)NC1CC1)N(C)C[C@@H](O)C1CC1. The molecule has 92 valence electrons. The lowest BCUT2D eigenvalue weighted by atomic mass is 10.2. The van der Waals surface area contributed by atoms with Gasteiger partial charge in [-0.2, -0.15) is 0 Å². The molecule has 2 aliphatic carbocycles. The summed E-state index contributed by atoms with van der Waals surface area (Å²) in [5.74, 6) is 0.564. The van der Waals surface area contributed by atoms with Gasteiger partial charge in [-0.15, -0.1) is 0 Å². The van der Waals surface area contributed by atoms with E-state index < -0.39 is 0 Å². The third-order valence-corrected chi connectivity index (χ3v) is 3.61. The van der Waals surface area contributed by atoms with Crippen LogP contribution in [0, 0.1) is 5.92 Å². The molecule has 4 nitrogen and oxygen atoms in total. The summed E-state index contributed by atoms with van der Waals surface area (Å²) in [7, 11) is 1.91. The third kappa shape index (κ3) is 3.19. The lowest BCUT2D eigenvalue weighted by molar-refractivity contribution is -0.126. The van der Waals surface area contributed by atoms with E-state index in [-0.39, 0.29) is 18.1 Å². The van der Waals surface area contributed by atoms with E-state index in [1.807, 2.05) is 18.9 Å². The van der Waals surface area contributed by atoms with E-state index in [0.717, 1.165) is 25.7 Å². The molecular formula is C12H22N2O2. The maximum absolute atomic E-state index is 11.8. The molecule has 0 aromatic heterocycles. The van der Waals surface area contributed by atoms with Crippen LogP contribution in [0.1, 0.15) is 32.6 Å². The standard InChI is InChI=1S/C12H22N2O2/c1-8(12(16)13-10-5-6-10)14(2)7-11(15)9-3-4-9/h8-11,15H,3-7H2,1-2H3,(H,13,16)/t8-,11+/m0/s1. The number of nitrogens with zero attached hydrogens (tertiary/aromatic N) is 1. The molecule has 0 unspecified atom stereocenters. The minimum Gasteiger partial charge on any atom is -0.392 e. The molecule has 2 fully saturated rings. The van der Waals surface area contributed by atoms with Gasteiger partial charge in [0.25, 0.3) is 0 Å². The number of likely N-dealkylation sites (N-methyl/N-ethyl adjacent to an activating group) is 1. The van der Waals surface area contributed by atoms with E-state index in [4.69, 9.17) is 0 Å². The molecule has 0 bridgehead atoms. The Bertz CT molecular complexity index is 262. The largest absolute Gasteiger partial charge is 0.392 e. The predicted molar refractivity (Wildman–Crippen MR) is 62.0 cm³/mol. The van der Waals surface area contributed by atoms with E-state index in [2.05, 4.69) is 5.32 Å². The molecular weight excluding hydrogens is 204 g/mol. The van der Waals surface area contributed by atoms with Crippen molar-refractivity contribution in [2.24, 2.45) is 5.92 Å². The molecule has 0 aromatic rings. The molecule has 4 heteroatoms. The second-order valence-corrected chi connectivity index (χ2v) is 5.30. The second-order valence-electron chi connectivity index (χ2n) is 5.30. The monoisotopic (exact) mass is 226 g/mol. The van der Waals surface area contributed by atoms with Crippen LogP contribution in [0.25, 0.3) is 0 Å². The van der Waals surface area contributed by atoms with Crippen LogP contribution in [-0.2, 0) is 4.79 Å². The summed E-state index contributed by atoms with van der Waals surface area (Å²) in [5, 5.41) is 12.8. The molecule has 2 aliphatic rings. The second kappa shape index (κ2) is 4.72. The number of aliphatic hydroxyl groups is 1. The van der Waals surface area contributed by atoms with Gasteiger partial charge in [0.15, 0.2) is 0 Å². The van der Waals surface area contributed by atoms with Crippen LogP contribution in [0.5, 0.6) is 0 Å². The van der Waals surface area contributed by atoms with Crippen LogP contribution >= 0.6 is 0 Å². The molecule has 2 atom stereocenters. The third-order valence-electron chi connectivity index (χ3n) is 3.61. The summed E-state index contributed by atoms with van der Waals surface area (Å²) in [4.78, 5) is 13.7. The Labute approximate surface area is 97.0 Å². The van der Waals surface area contributed by atoms with E-state index in [0.29, 0.717) is 18.5 Å². The average molecular weight is 226 g/mol. The maximum atomic E-state index is 11.8. The normalized spacial score (nSPS) is 24.2. The van der Waals surface area contributed by atoms with Crippen LogP contribution < -0.4 is 5.32 Å². The number of carbonyl (C=O) groups excluding carboxylic acids is 1. The fourth-order valence-corrected chi connectivity index (χ4v) is 1.83. The van der Waals surface area contributed by atoms with Gasteiger partial charge in [-0.05, 0) is 45.6 Å². The van der Waals surface area contributed by atoms with Gasteiger partial charge in [-0.1, -0.05) is 0 Å². The smallest absolute Gasteiger partial charge is 0.237 e. The minimum absolute atomic E-state index is 0.0907. The Morgan fingerprint density at radius 1 is 1.44 bits per heavy atom. The Morgan fingerprint density at radius 2 is 2.06 bits per heavy atom. The van der Waals surface area contributed by atoms with Crippen LogP contribution in [0.15, 0.2) is 0 Å². The van der Waals surface area contributed by atoms with Crippen LogP contribution in [0.2, 0.25) is 0 Å². The first-order valence-corrected chi connectivity index (χ1v) is 6.26. The number of rotatable bonds is 6. The summed E-state index contributed by atoms with van der Waals surface area (Å²) >= 11 is 0. The van der Waals surface area contributed by atoms with Crippen molar-refractivity contribution >= 4 is 5.91 Å². The van der Waals surface area contributed by atoms with Gasteiger partial charge in [0.2, 0.25) is 5.91 Å². The minimum atomic E-state index is -0.263. The van der Waals surface area contributed by atoms with Gasteiger partial charge in [0.1, 0.15) is 0 Å². The first-order valence-electron chi connectivity index (χ1n) is 6.26. The zero-order valence-electron chi connectivity index (χ0n) is 10.1. The van der Waals surface area contributed by atoms with E-state index in [9.17, 15) is 9.90 Å². The van der Waals surface area contributed by atoms with Crippen molar-refractivity contribution in [3.05, 3.63) is 0 Å². The Hall–Kier alpha value is -0.610. The van der Waals surface area contributed by atoms with E-state index in [1.165, 1.54) is 0 Å². The van der Waals surface area contributed by atoms with Crippen molar-refractivity contribution in [3.8, 4) is 0 Å². The fourth-order valence-electron chi connectivity index (χ4n) is 1.83. The van der Waals surface area contributed by atoms with Gasteiger partial charge in [-0.3, -0.25) is 9.69 Å². The van der Waals surface area contributed by atoms with Gasteiger partial charge in [0, 0.05) is 12.6 Å². The molecule has 0 aromatic carbocycles. The zero-order chi connectivity index (χ0) is 11.7. The first kappa shape index (κ1) is 11.9. The highest BCUT2D eigenvalue weighted by molar-refractivity contribution is 5.81. The molecule has 16 heavy (non-hydrogen) atoms. The number of amides is 1. The summed E-state index contributed by atoms with van der Waals surface area (Å²) < 4.78 is 0. The van der Waals surface area contributed by atoms with Crippen LogP contribution in [0.4, 0.5) is 0 Å². The van der Waals surface area contributed by atoms with E-state index >= 15 is 0 Å². The van der Waals surface area contributed by atoms with Crippen molar-refractivity contribution < 1.29 is 9.90 Å². The molecule has 0 saturated heterocycles. The zero-order valence-corrected chi connectivity index (χ0v) is 10.1. The Kier molecular flexibility index (Phi) is 3.50. The van der Waals surface area contributed by atoms with Gasteiger partial charge in [-0.25, -0.2) is 0 Å². The summed E-state index contributed by atoms with van der Waals surface area (Å²) in [6.07, 6.45) is 4.25. The lowest BCUT2D eigenvalue weighted by Gasteiger charge is -2.26. The maximum Gasteiger partial charge on any atom is 0.237 e. The fraction of sp³-hybridized carbons (Fsp3) is 0.917. The average Bonchev–Trinajstić information content (AvgIpc) is 3.08. The molecule has 1 amide bonds. The van der Waals surface area contributed by atoms with Crippen molar-refractivity contribution in [2.45, 2.75) is 50.8 Å². The molecule has 2 rings (SSSR count). The highest BCUT2D eigenvalue weighted by atomic mass is 16.3.